The van der Waals surface area contributed by atoms with Crippen LogP contribution in [0.4, 0.5) is 4.39 Å². The minimum atomic E-state index is -0.836. The number of nitrogens with zero attached hydrogens (tertiary/aromatic N) is 2. The monoisotopic (exact) mass is 410 g/mol. The zero-order chi connectivity index (χ0) is 20.8. The average Bonchev–Trinajstić information content (AvgIpc) is 2.95. The van der Waals surface area contributed by atoms with Crippen molar-refractivity contribution in [3.05, 3.63) is 46.5 Å². The quantitative estimate of drug-likeness (QED) is 0.677. The standard InChI is InChI=1S/C18H20ClFN4O4/c1-4-21-17(26)11(3)22-14(25)9-28-18(27)15-10(2)23-24(16(15)19)13-7-5-12(20)6-8-13/h5-8,11H,4,9H2,1-3H3,(H,21,26)(H,22,25)/t11-/m1/s1. The summed E-state index contributed by atoms with van der Waals surface area (Å²) in [6, 6.07) is 4.62. The highest BCUT2D eigenvalue weighted by molar-refractivity contribution is 6.33. The minimum absolute atomic E-state index is 0.00411. The van der Waals surface area contributed by atoms with Gasteiger partial charge in [0.2, 0.25) is 5.91 Å². The summed E-state index contributed by atoms with van der Waals surface area (Å²) in [6.07, 6.45) is 0. The number of likely N-dealkylation sites (N-methyl/N-ethyl adjacent to an activating group) is 1. The molecule has 0 aliphatic carbocycles. The van der Waals surface area contributed by atoms with Crippen molar-refractivity contribution in [3.63, 3.8) is 0 Å². The van der Waals surface area contributed by atoms with Crippen molar-refractivity contribution in [2.45, 2.75) is 26.8 Å². The summed E-state index contributed by atoms with van der Waals surface area (Å²) in [5.41, 5.74) is 0.744. The fourth-order valence-corrected chi connectivity index (χ4v) is 2.71. The predicted octanol–water partition coefficient (Wildman–Crippen LogP) is 1.77. The molecule has 1 aromatic carbocycles. The predicted molar refractivity (Wildman–Crippen MR) is 99.8 cm³/mol. The van der Waals surface area contributed by atoms with Crippen LogP contribution in [-0.4, -0.2) is 46.8 Å². The number of aryl methyl sites for hydroxylation is 1. The molecule has 2 rings (SSSR count). The van der Waals surface area contributed by atoms with E-state index in [9.17, 15) is 18.8 Å². The van der Waals surface area contributed by atoms with Crippen LogP contribution in [-0.2, 0) is 14.3 Å². The molecule has 150 valence electrons. The molecule has 0 aliphatic rings. The second-order valence-corrected chi connectivity index (χ2v) is 6.26. The first-order chi connectivity index (χ1) is 13.2. The lowest BCUT2D eigenvalue weighted by atomic mass is 10.2. The van der Waals surface area contributed by atoms with E-state index in [0.717, 1.165) is 0 Å². The normalized spacial score (nSPS) is 11.6. The van der Waals surface area contributed by atoms with E-state index >= 15 is 0 Å². The molecule has 0 aliphatic heterocycles. The van der Waals surface area contributed by atoms with Gasteiger partial charge in [-0.2, -0.15) is 5.10 Å². The molecule has 0 radical (unpaired) electrons. The Balaban J connectivity index is 2.04. The first-order valence-corrected chi connectivity index (χ1v) is 8.87. The lowest BCUT2D eigenvalue weighted by Crippen LogP contribution is -2.46. The molecule has 1 aromatic heterocycles. The first-order valence-electron chi connectivity index (χ1n) is 8.49. The van der Waals surface area contributed by atoms with E-state index in [1.54, 1.807) is 13.8 Å². The van der Waals surface area contributed by atoms with E-state index in [1.165, 1.54) is 35.9 Å². The van der Waals surface area contributed by atoms with Crippen LogP contribution < -0.4 is 10.6 Å². The van der Waals surface area contributed by atoms with E-state index in [1.807, 2.05) is 0 Å². The van der Waals surface area contributed by atoms with Crippen molar-refractivity contribution in [2.24, 2.45) is 0 Å². The number of carbonyl (C=O) groups excluding carboxylic acids is 3. The highest BCUT2D eigenvalue weighted by Gasteiger charge is 2.24. The Morgan fingerprint density at radius 3 is 2.54 bits per heavy atom. The Kier molecular flexibility index (Phi) is 7.11. The van der Waals surface area contributed by atoms with Crippen LogP contribution in [0.25, 0.3) is 5.69 Å². The van der Waals surface area contributed by atoms with Gasteiger partial charge in [0.25, 0.3) is 5.91 Å². The summed E-state index contributed by atoms with van der Waals surface area (Å²) in [7, 11) is 0. The van der Waals surface area contributed by atoms with Gasteiger partial charge in [-0.15, -0.1) is 0 Å². The number of esters is 1. The third-order valence-corrected chi connectivity index (χ3v) is 4.08. The van der Waals surface area contributed by atoms with Crippen molar-refractivity contribution in [1.29, 1.82) is 0 Å². The van der Waals surface area contributed by atoms with Gasteiger partial charge in [0.05, 0.1) is 11.4 Å². The SMILES string of the molecule is CCNC(=O)[C@@H](C)NC(=O)COC(=O)c1c(C)nn(-c2ccc(F)cc2)c1Cl. The molecule has 0 spiro atoms. The van der Waals surface area contributed by atoms with Crippen molar-refractivity contribution in [1.82, 2.24) is 20.4 Å². The molecular formula is C18H20ClFN4O4. The zero-order valence-electron chi connectivity index (χ0n) is 15.6. The molecule has 8 nitrogen and oxygen atoms in total. The fraction of sp³-hybridized carbons (Fsp3) is 0.333. The van der Waals surface area contributed by atoms with Gasteiger partial charge in [-0.25, -0.2) is 13.9 Å². The van der Waals surface area contributed by atoms with E-state index in [0.29, 0.717) is 12.2 Å². The van der Waals surface area contributed by atoms with Gasteiger partial charge in [-0.1, -0.05) is 11.6 Å². The third kappa shape index (κ3) is 5.07. The highest BCUT2D eigenvalue weighted by Crippen LogP contribution is 2.24. The number of hydrogen-bond donors (Lipinski definition) is 2. The number of nitrogens with one attached hydrogen (secondary N) is 2. The molecule has 0 saturated carbocycles. The van der Waals surface area contributed by atoms with Gasteiger partial charge in [0.15, 0.2) is 6.61 Å². The van der Waals surface area contributed by atoms with Crippen molar-refractivity contribution in [2.75, 3.05) is 13.2 Å². The van der Waals surface area contributed by atoms with Crippen molar-refractivity contribution in [3.8, 4) is 5.69 Å². The maximum Gasteiger partial charge on any atom is 0.343 e. The molecule has 0 unspecified atom stereocenters. The van der Waals surface area contributed by atoms with Crippen LogP contribution in [0.1, 0.15) is 29.9 Å². The summed E-state index contributed by atoms with van der Waals surface area (Å²) in [6.45, 7) is 4.68. The van der Waals surface area contributed by atoms with Gasteiger partial charge >= 0.3 is 5.97 Å². The lowest BCUT2D eigenvalue weighted by molar-refractivity contribution is -0.130. The van der Waals surface area contributed by atoms with Gasteiger partial charge in [-0.3, -0.25) is 9.59 Å². The maximum absolute atomic E-state index is 13.1. The molecule has 2 amide bonds. The summed E-state index contributed by atoms with van der Waals surface area (Å²) in [5.74, 6) is -2.23. The van der Waals surface area contributed by atoms with Crippen molar-refractivity contribution >= 4 is 29.4 Å². The van der Waals surface area contributed by atoms with Crippen LogP contribution in [0.15, 0.2) is 24.3 Å². The van der Waals surface area contributed by atoms with Crippen LogP contribution >= 0.6 is 11.6 Å². The smallest absolute Gasteiger partial charge is 0.343 e. The molecule has 2 N–H and O–H groups in total. The Morgan fingerprint density at radius 2 is 1.93 bits per heavy atom. The molecule has 2 aromatic rings. The molecule has 10 heteroatoms. The molecule has 1 heterocycles. The number of rotatable bonds is 7. The molecule has 28 heavy (non-hydrogen) atoms. The molecule has 0 saturated heterocycles. The van der Waals surface area contributed by atoms with Crippen LogP contribution in [0.3, 0.4) is 0 Å². The number of aromatic nitrogens is 2. The third-order valence-electron chi connectivity index (χ3n) is 3.74. The van der Waals surface area contributed by atoms with Gasteiger partial charge < -0.3 is 15.4 Å². The van der Waals surface area contributed by atoms with E-state index in [4.69, 9.17) is 16.3 Å². The van der Waals surface area contributed by atoms with Crippen LogP contribution in [0.5, 0.6) is 0 Å². The summed E-state index contributed by atoms with van der Waals surface area (Å²) in [4.78, 5) is 35.8. The van der Waals surface area contributed by atoms with Crippen molar-refractivity contribution < 1.29 is 23.5 Å². The molecule has 0 fully saturated rings. The van der Waals surface area contributed by atoms with Crippen LogP contribution in [0.2, 0.25) is 5.15 Å². The first kappa shape index (κ1) is 21.4. The Bertz CT molecular complexity index is 882. The number of carbonyl (C=O) groups is 3. The molecular weight excluding hydrogens is 391 g/mol. The topological polar surface area (TPSA) is 102 Å². The minimum Gasteiger partial charge on any atom is -0.452 e. The van der Waals surface area contributed by atoms with Gasteiger partial charge in [-0.05, 0) is 45.0 Å². The number of hydrogen-bond acceptors (Lipinski definition) is 5. The van der Waals surface area contributed by atoms with E-state index < -0.39 is 30.3 Å². The summed E-state index contributed by atoms with van der Waals surface area (Å²) in [5, 5.41) is 9.12. The lowest BCUT2D eigenvalue weighted by Gasteiger charge is -2.13. The highest BCUT2D eigenvalue weighted by atomic mass is 35.5. The summed E-state index contributed by atoms with van der Waals surface area (Å²) < 4.78 is 19.3. The van der Waals surface area contributed by atoms with Gasteiger partial charge in [0, 0.05) is 6.54 Å². The number of halogens is 2. The number of ether oxygens (including phenoxy) is 1. The Morgan fingerprint density at radius 1 is 1.29 bits per heavy atom. The second-order valence-electron chi connectivity index (χ2n) is 5.90. The van der Waals surface area contributed by atoms with E-state index in [2.05, 4.69) is 15.7 Å². The largest absolute Gasteiger partial charge is 0.452 e. The molecule has 1 atom stereocenters. The zero-order valence-corrected chi connectivity index (χ0v) is 16.3. The average molecular weight is 411 g/mol. The van der Waals surface area contributed by atoms with E-state index in [-0.39, 0.29) is 22.3 Å². The number of amides is 2. The summed E-state index contributed by atoms with van der Waals surface area (Å²) >= 11 is 6.23. The fourth-order valence-electron chi connectivity index (χ4n) is 2.36. The second kappa shape index (κ2) is 9.32. The Hall–Kier alpha value is -2.94. The maximum atomic E-state index is 13.1. The van der Waals surface area contributed by atoms with Crippen LogP contribution in [0, 0.1) is 12.7 Å². The number of benzene rings is 1. The molecule has 0 bridgehead atoms. The van der Waals surface area contributed by atoms with Gasteiger partial charge in [0.1, 0.15) is 22.6 Å². The Labute approximate surface area is 166 Å².